The number of nitrogens with zero attached hydrogens (tertiary/aromatic N) is 4. The molecular weight excluding hydrogens is 455 g/mol. The van der Waals surface area contributed by atoms with Gasteiger partial charge >= 0.3 is 5.69 Å². The van der Waals surface area contributed by atoms with Gasteiger partial charge in [0.2, 0.25) is 5.91 Å². The second-order valence-electron chi connectivity index (χ2n) is 7.58. The van der Waals surface area contributed by atoms with E-state index in [4.69, 9.17) is 0 Å². The molecule has 0 aliphatic carbocycles. The fourth-order valence-electron chi connectivity index (χ4n) is 3.59. The number of hydrogen-bond donors (Lipinski definition) is 2. The van der Waals surface area contributed by atoms with Gasteiger partial charge in [-0.05, 0) is 49.2 Å². The van der Waals surface area contributed by atoms with Crippen molar-refractivity contribution in [2.45, 2.75) is 25.5 Å². The van der Waals surface area contributed by atoms with E-state index in [0.717, 1.165) is 28.6 Å². The van der Waals surface area contributed by atoms with E-state index in [1.165, 1.54) is 16.7 Å². The molecule has 0 bridgehead atoms. The molecule has 0 unspecified atom stereocenters. The number of aromatic amines is 1. The number of halogens is 1. The molecule has 2 N–H and O–H groups in total. The lowest BCUT2D eigenvalue weighted by Crippen LogP contribution is -2.20. The minimum Gasteiger partial charge on any atom is -0.310 e. The van der Waals surface area contributed by atoms with E-state index in [1.54, 1.807) is 23.6 Å². The fraction of sp³-hybridized carbons (Fsp3) is 0.167. The van der Waals surface area contributed by atoms with Crippen LogP contribution in [0.4, 0.5) is 10.2 Å². The summed E-state index contributed by atoms with van der Waals surface area (Å²) in [4.78, 5) is 25.0. The minimum absolute atomic E-state index is 0.0311. The summed E-state index contributed by atoms with van der Waals surface area (Å²) < 4.78 is 16.6. The lowest BCUT2D eigenvalue weighted by atomic mass is 10.2. The molecular formula is C24H21FN6O2S. The van der Waals surface area contributed by atoms with E-state index in [2.05, 4.69) is 21.6 Å². The molecule has 34 heavy (non-hydrogen) atoms. The van der Waals surface area contributed by atoms with E-state index < -0.39 is 0 Å². The third-order valence-electron chi connectivity index (χ3n) is 5.41. The number of thioether (sulfide) groups is 1. The van der Waals surface area contributed by atoms with Crippen LogP contribution < -0.4 is 11.0 Å². The summed E-state index contributed by atoms with van der Waals surface area (Å²) in [6.07, 6.45) is 0. The first kappa shape index (κ1) is 23.1. The first-order valence-corrected chi connectivity index (χ1v) is 11.4. The number of amides is 1. The van der Waals surface area contributed by atoms with Crippen molar-refractivity contribution in [1.82, 2.24) is 19.3 Å². The second-order valence-corrected chi connectivity index (χ2v) is 8.52. The molecule has 1 amide bonds. The van der Waals surface area contributed by atoms with Crippen molar-refractivity contribution in [3.05, 3.63) is 93.3 Å². The first-order valence-electron chi connectivity index (χ1n) is 10.4. The van der Waals surface area contributed by atoms with Crippen LogP contribution >= 0.6 is 11.8 Å². The predicted octanol–water partition coefficient (Wildman–Crippen LogP) is 3.77. The van der Waals surface area contributed by atoms with Crippen molar-refractivity contribution in [3.63, 3.8) is 0 Å². The molecule has 0 saturated heterocycles. The van der Waals surface area contributed by atoms with Gasteiger partial charge in [-0.15, -0.1) is 5.10 Å². The molecule has 0 saturated carbocycles. The van der Waals surface area contributed by atoms with Crippen LogP contribution in [0, 0.1) is 31.0 Å². The summed E-state index contributed by atoms with van der Waals surface area (Å²) in [5, 5.41) is 19.3. The number of nitriles is 1. The monoisotopic (exact) mass is 476 g/mol. The Hall–Kier alpha value is -4.10. The van der Waals surface area contributed by atoms with Gasteiger partial charge in [0.05, 0.1) is 17.9 Å². The zero-order valence-corrected chi connectivity index (χ0v) is 19.3. The van der Waals surface area contributed by atoms with Gasteiger partial charge in [0.15, 0.2) is 5.16 Å². The lowest BCUT2D eigenvalue weighted by molar-refractivity contribution is -0.113. The number of carbonyl (C=O) groups excluding carboxylic acids is 1. The number of hydrogen-bond acceptors (Lipinski definition) is 5. The number of aromatic nitrogens is 4. The van der Waals surface area contributed by atoms with Crippen LogP contribution in [0.2, 0.25) is 0 Å². The van der Waals surface area contributed by atoms with Gasteiger partial charge in [-0.3, -0.25) is 13.9 Å². The lowest BCUT2D eigenvalue weighted by Gasteiger charge is -2.13. The number of anilines is 1. The Morgan fingerprint density at radius 1 is 1.18 bits per heavy atom. The average Bonchev–Trinajstić information content (AvgIpc) is 3.29. The quantitative estimate of drug-likeness (QED) is 0.395. The summed E-state index contributed by atoms with van der Waals surface area (Å²) >= 11 is 1.11. The van der Waals surface area contributed by atoms with Gasteiger partial charge < -0.3 is 5.32 Å². The van der Waals surface area contributed by atoms with Gasteiger partial charge in [0.1, 0.15) is 17.7 Å². The normalized spacial score (nSPS) is 10.8. The number of nitrogens with one attached hydrogen (secondary N) is 2. The van der Waals surface area contributed by atoms with Crippen molar-refractivity contribution in [2.24, 2.45) is 0 Å². The van der Waals surface area contributed by atoms with Crippen LogP contribution in [0.3, 0.4) is 0 Å². The zero-order chi connectivity index (χ0) is 24.2. The summed E-state index contributed by atoms with van der Waals surface area (Å²) in [6.45, 7) is 3.95. The maximum Gasteiger partial charge on any atom is 0.344 e. The van der Waals surface area contributed by atoms with Crippen molar-refractivity contribution < 1.29 is 9.18 Å². The molecule has 2 aromatic heterocycles. The number of carbonyl (C=O) groups is 1. The predicted molar refractivity (Wildman–Crippen MR) is 128 cm³/mol. The largest absolute Gasteiger partial charge is 0.344 e. The molecule has 2 heterocycles. The Labute approximate surface area is 199 Å². The van der Waals surface area contributed by atoms with Crippen LogP contribution in [-0.2, 0) is 11.3 Å². The summed E-state index contributed by atoms with van der Waals surface area (Å²) in [5.74, 6) is -0.466. The average molecular weight is 477 g/mol. The summed E-state index contributed by atoms with van der Waals surface area (Å²) in [5.41, 5.74) is 3.00. The summed E-state index contributed by atoms with van der Waals surface area (Å²) in [6, 6.07) is 17.4. The van der Waals surface area contributed by atoms with Crippen molar-refractivity contribution in [3.8, 4) is 11.8 Å². The maximum atomic E-state index is 13.4. The Kier molecular flexibility index (Phi) is 6.65. The molecule has 8 nitrogen and oxygen atoms in total. The number of benzene rings is 2. The molecule has 2 aromatic carbocycles. The molecule has 0 atom stereocenters. The number of rotatable bonds is 7. The van der Waals surface area contributed by atoms with Crippen LogP contribution in [0.25, 0.3) is 5.69 Å². The minimum atomic E-state index is -0.381. The highest BCUT2D eigenvalue weighted by atomic mass is 32.2. The smallest absolute Gasteiger partial charge is 0.310 e. The van der Waals surface area contributed by atoms with E-state index in [1.807, 2.05) is 37.3 Å². The standard InChI is InChI=1S/C24H21FN6O2S/c1-15-16(2)31(19-10-8-18(25)9-11-19)22(20(15)12-26)27-21(32)14-34-24-29-28-23(33)30(24)13-17-6-4-3-5-7-17/h3-11H,13-14H2,1-2H3,(H,27,32)(H,28,33). The molecule has 4 aromatic rings. The second kappa shape index (κ2) is 9.80. The Morgan fingerprint density at radius 3 is 2.56 bits per heavy atom. The molecule has 0 aliphatic heterocycles. The molecule has 0 spiro atoms. The van der Waals surface area contributed by atoms with Gasteiger partial charge in [0, 0.05) is 11.4 Å². The van der Waals surface area contributed by atoms with Crippen molar-refractivity contribution >= 4 is 23.5 Å². The molecule has 4 rings (SSSR count). The fourth-order valence-corrected chi connectivity index (χ4v) is 4.34. The third-order valence-corrected chi connectivity index (χ3v) is 6.38. The van der Waals surface area contributed by atoms with E-state index in [-0.39, 0.29) is 23.2 Å². The van der Waals surface area contributed by atoms with Gasteiger partial charge in [-0.25, -0.2) is 14.3 Å². The highest BCUT2D eigenvalue weighted by Gasteiger charge is 2.21. The van der Waals surface area contributed by atoms with Gasteiger partial charge in [0.25, 0.3) is 0 Å². The Balaban J connectivity index is 1.55. The molecule has 0 radical (unpaired) electrons. The Bertz CT molecular complexity index is 1430. The first-order chi connectivity index (χ1) is 16.4. The molecule has 10 heteroatoms. The molecule has 0 fully saturated rings. The third kappa shape index (κ3) is 4.65. The molecule has 0 aliphatic rings. The zero-order valence-electron chi connectivity index (χ0n) is 18.5. The number of H-pyrrole nitrogens is 1. The van der Waals surface area contributed by atoms with Crippen LogP contribution in [0.1, 0.15) is 22.4 Å². The van der Waals surface area contributed by atoms with Gasteiger partial charge in [-0.1, -0.05) is 42.1 Å². The Morgan fingerprint density at radius 2 is 1.88 bits per heavy atom. The van der Waals surface area contributed by atoms with Crippen molar-refractivity contribution in [1.29, 1.82) is 5.26 Å². The SMILES string of the molecule is Cc1c(C#N)c(NC(=O)CSc2n[nH]c(=O)n2Cc2ccccc2)n(-c2ccc(F)cc2)c1C. The topological polar surface area (TPSA) is 108 Å². The van der Waals surface area contributed by atoms with E-state index in [0.29, 0.717) is 28.8 Å². The van der Waals surface area contributed by atoms with E-state index in [9.17, 15) is 19.2 Å². The van der Waals surface area contributed by atoms with Crippen LogP contribution in [0.5, 0.6) is 0 Å². The highest BCUT2D eigenvalue weighted by molar-refractivity contribution is 7.99. The van der Waals surface area contributed by atoms with E-state index >= 15 is 0 Å². The highest BCUT2D eigenvalue weighted by Crippen LogP contribution is 2.30. The summed E-state index contributed by atoms with van der Waals surface area (Å²) in [7, 11) is 0. The van der Waals surface area contributed by atoms with Crippen LogP contribution in [-0.4, -0.2) is 31.0 Å². The van der Waals surface area contributed by atoms with Gasteiger partial charge in [-0.2, -0.15) is 5.26 Å². The van der Waals surface area contributed by atoms with Crippen LogP contribution in [0.15, 0.2) is 64.5 Å². The molecule has 172 valence electrons. The maximum absolute atomic E-state index is 13.4. The van der Waals surface area contributed by atoms with Crippen molar-refractivity contribution in [2.75, 3.05) is 11.1 Å².